The maximum Gasteiger partial charge on any atom is 2.00 e. The summed E-state index contributed by atoms with van der Waals surface area (Å²) >= 11 is 5.97. The first kappa shape index (κ1) is 26.7. The molecule has 11 nitrogen and oxygen atoms in total. The monoisotopic (exact) mass is 524 g/mol. The molecule has 0 amide bonds. The van der Waals surface area contributed by atoms with Crippen LogP contribution in [0.25, 0.3) is 5.69 Å². The van der Waals surface area contributed by atoms with Gasteiger partial charge in [0.05, 0.1) is 21.2 Å². The summed E-state index contributed by atoms with van der Waals surface area (Å²) in [6.45, 7) is 2.97. The third-order valence-corrected chi connectivity index (χ3v) is 6.28. The average molecular weight is 525 g/mol. The standard InChI is InChI=1S/C17H15ClN4O7S2.Ca/c1-9-6-15(31(27,28)29)14(8-13(9)18)19-20-16-10(2)21-22(17(16)23)11-4-3-5-12(7-11)30(24,25)26;/h3-8,21H,1-2H3,(H,24,25,26)(H,27,28,29);/q;+2/p-2. The minimum Gasteiger partial charge on any atom is -0.744 e. The number of nitrogens with one attached hydrogen (secondary N) is 1. The van der Waals surface area contributed by atoms with E-state index < -0.39 is 35.6 Å². The van der Waals surface area contributed by atoms with E-state index >= 15 is 0 Å². The van der Waals surface area contributed by atoms with E-state index in [2.05, 4.69) is 15.3 Å². The predicted molar refractivity (Wildman–Crippen MR) is 113 cm³/mol. The Morgan fingerprint density at radius 3 is 2.25 bits per heavy atom. The molecule has 0 spiro atoms. The molecule has 0 unspecified atom stereocenters. The van der Waals surface area contributed by atoms with Crippen molar-refractivity contribution < 1.29 is 25.9 Å². The molecule has 0 fully saturated rings. The van der Waals surface area contributed by atoms with Crippen molar-refractivity contribution in [2.75, 3.05) is 0 Å². The van der Waals surface area contributed by atoms with Crippen molar-refractivity contribution in [3.05, 3.63) is 63.0 Å². The van der Waals surface area contributed by atoms with Crippen LogP contribution in [0.4, 0.5) is 11.4 Å². The Morgan fingerprint density at radius 2 is 1.66 bits per heavy atom. The number of hydrogen-bond donors (Lipinski definition) is 1. The summed E-state index contributed by atoms with van der Waals surface area (Å²) < 4.78 is 69.2. The SMILES string of the molecule is Cc1cc(S(=O)(=O)[O-])c(N=Nc2c(C)[nH]n(-c3cccc(S(=O)(=O)[O-])c3)c2=O)cc1Cl.[Ca+2]. The van der Waals surface area contributed by atoms with Gasteiger partial charge in [0.25, 0.3) is 5.56 Å². The van der Waals surface area contributed by atoms with Crippen LogP contribution in [0.1, 0.15) is 11.3 Å². The van der Waals surface area contributed by atoms with Gasteiger partial charge in [-0.05, 0) is 49.7 Å². The fourth-order valence-corrected chi connectivity index (χ4v) is 3.99. The zero-order valence-corrected chi connectivity index (χ0v) is 21.2. The minimum absolute atomic E-state index is 0. The zero-order valence-electron chi connectivity index (χ0n) is 16.6. The van der Waals surface area contributed by atoms with Crippen LogP contribution < -0.4 is 5.56 Å². The summed E-state index contributed by atoms with van der Waals surface area (Å²) in [4.78, 5) is 11.5. The van der Waals surface area contributed by atoms with E-state index in [4.69, 9.17) is 11.6 Å². The summed E-state index contributed by atoms with van der Waals surface area (Å²) in [5.41, 5.74) is -0.755. The minimum atomic E-state index is -4.89. The number of rotatable bonds is 5. The predicted octanol–water partition coefficient (Wildman–Crippen LogP) is 2.28. The number of aromatic amines is 1. The summed E-state index contributed by atoms with van der Waals surface area (Å²) in [5, 5.41) is 10.3. The van der Waals surface area contributed by atoms with Gasteiger partial charge in [-0.1, -0.05) is 17.7 Å². The van der Waals surface area contributed by atoms with Crippen LogP contribution in [-0.2, 0) is 20.2 Å². The molecule has 0 aliphatic rings. The van der Waals surface area contributed by atoms with Gasteiger partial charge in [-0.3, -0.25) is 9.89 Å². The smallest absolute Gasteiger partial charge is 0.744 e. The van der Waals surface area contributed by atoms with Gasteiger partial charge >= 0.3 is 37.7 Å². The largest absolute Gasteiger partial charge is 2.00 e. The zero-order chi connectivity index (χ0) is 23.1. The van der Waals surface area contributed by atoms with Crippen molar-refractivity contribution in [1.29, 1.82) is 0 Å². The molecule has 3 aromatic rings. The van der Waals surface area contributed by atoms with Gasteiger partial charge in [0, 0.05) is 5.02 Å². The molecule has 0 atom stereocenters. The van der Waals surface area contributed by atoms with Crippen LogP contribution in [0.2, 0.25) is 5.02 Å². The van der Waals surface area contributed by atoms with Crippen molar-refractivity contribution in [2.45, 2.75) is 23.6 Å². The number of aromatic nitrogens is 2. The molecule has 15 heteroatoms. The van der Waals surface area contributed by atoms with Crippen molar-refractivity contribution in [1.82, 2.24) is 9.78 Å². The fourth-order valence-electron chi connectivity index (χ4n) is 2.64. The van der Waals surface area contributed by atoms with Crippen molar-refractivity contribution >= 4 is 81.0 Å². The van der Waals surface area contributed by atoms with E-state index in [1.807, 2.05) is 0 Å². The molecule has 1 aromatic heterocycles. The summed E-state index contributed by atoms with van der Waals surface area (Å²) in [5.74, 6) is 0. The third-order valence-electron chi connectivity index (χ3n) is 4.17. The molecule has 2 aromatic carbocycles. The Morgan fingerprint density at radius 1 is 1.00 bits per heavy atom. The number of nitrogens with zero attached hydrogens (tertiary/aromatic N) is 3. The van der Waals surface area contributed by atoms with Gasteiger partial charge in [-0.15, -0.1) is 10.2 Å². The van der Waals surface area contributed by atoms with Crippen LogP contribution in [-0.4, -0.2) is 73.5 Å². The van der Waals surface area contributed by atoms with E-state index in [-0.39, 0.29) is 65.5 Å². The third kappa shape index (κ3) is 5.66. The van der Waals surface area contributed by atoms with Crippen LogP contribution in [0.3, 0.4) is 0 Å². The number of hydrogen-bond acceptors (Lipinski definition) is 9. The van der Waals surface area contributed by atoms with E-state index in [9.17, 15) is 30.7 Å². The van der Waals surface area contributed by atoms with Crippen LogP contribution in [0, 0.1) is 13.8 Å². The Labute approximate surface area is 217 Å². The number of halogens is 1. The second-order valence-electron chi connectivity index (χ2n) is 6.40. The van der Waals surface area contributed by atoms with Gasteiger partial charge in [0.2, 0.25) is 0 Å². The molecule has 1 N–H and O–H groups in total. The second kappa shape index (κ2) is 9.73. The Kier molecular flexibility index (Phi) is 8.11. The molecule has 164 valence electrons. The van der Waals surface area contributed by atoms with Crippen LogP contribution in [0.15, 0.2) is 61.2 Å². The van der Waals surface area contributed by atoms with Crippen molar-refractivity contribution in [2.24, 2.45) is 10.2 Å². The molecule has 0 aliphatic carbocycles. The molecule has 0 saturated carbocycles. The van der Waals surface area contributed by atoms with Crippen LogP contribution >= 0.6 is 11.6 Å². The number of azo groups is 1. The summed E-state index contributed by atoms with van der Waals surface area (Å²) in [6.07, 6.45) is 0. The molecule has 32 heavy (non-hydrogen) atoms. The molecule has 1 heterocycles. The Balaban J connectivity index is 0.00000363. The van der Waals surface area contributed by atoms with E-state index in [0.29, 0.717) is 5.56 Å². The first-order chi connectivity index (χ1) is 14.3. The topological polar surface area (TPSA) is 177 Å². The molecule has 0 aliphatic heterocycles. The van der Waals surface area contributed by atoms with Gasteiger partial charge in [0.1, 0.15) is 25.9 Å². The molecule has 3 rings (SSSR count). The molecule has 0 saturated heterocycles. The number of benzene rings is 2. The van der Waals surface area contributed by atoms with E-state index in [0.717, 1.165) is 28.9 Å². The maximum atomic E-state index is 12.7. The molecular formula is C17H13CaClN4O7S2. The normalized spacial score (nSPS) is 12.2. The summed E-state index contributed by atoms with van der Waals surface area (Å²) in [7, 11) is -9.64. The van der Waals surface area contributed by atoms with Crippen molar-refractivity contribution in [3.63, 3.8) is 0 Å². The Bertz CT molecular complexity index is 1500. The number of aryl methyl sites for hydroxylation is 2. The molecule has 0 radical (unpaired) electrons. The number of H-pyrrole nitrogens is 1. The van der Waals surface area contributed by atoms with Gasteiger partial charge < -0.3 is 9.11 Å². The quantitative estimate of drug-likeness (QED) is 0.302. The van der Waals surface area contributed by atoms with E-state index in [1.54, 1.807) is 0 Å². The Hall–Kier alpha value is -1.58. The first-order valence-electron chi connectivity index (χ1n) is 8.35. The van der Waals surface area contributed by atoms with Gasteiger partial charge in [-0.2, -0.15) is 0 Å². The average Bonchev–Trinajstić information content (AvgIpc) is 2.95. The van der Waals surface area contributed by atoms with Gasteiger partial charge in [0.15, 0.2) is 5.69 Å². The second-order valence-corrected chi connectivity index (χ2v) is 9.54. The maximum absolute atomic E-state index is 12.7. The van der Waals surface area contributed by atoms with Crippen LogP contribution in [0.5, 0.6) is 0 Å². The fraction of sp³-hybridized carbons (Fsp3) is 0.118. The molecule has 0 bridgehead atoms. The van der Waals surface area contributed by atoms with Gasteiger partial charge in [-0.25, -0.2) is 21.5 Å². The van der Waals surface area contributed by atoms with Crippen molar-refractivity contribution in [3.8, 4) is 5.69 Å². The summed E-state index contributed by atoms with van der Waals surface area (Å²) in [6, 6.07) is 6.94. The van der Waals surface area contributed by atoms with E-state index in [1.165, 1.54) is 26.0 Å². The first-order valence-corrected chi connectivity index (χ1v) is 11.5. The molecular weight excluding hydrogens is 512 g/mol.